The van der Waals surface area contributed by atoms with Crippen LogP contribution in [0.5, 0.6) is 0 Å². The van der Waals surface area contributed by atoms with Crippen LogP contribution in [-0.2, 0) is 13.1 Å². The van der Waals surface area contributed by atoms with Gasteiger partial charge in [-0.15, -0.1) is 0 Å². The van der Waals surface area contributed by atoms with Crippen molar-refractivity contribution in [2.75, 3.05) is 6.54 Å². The maximum absolute atomic E-state index is 12.8. The standard InChI is InChI=1S/C22H20ClN5O2/c1-15-5-4-6-16(11-15)13-27-14-25-20-18(22(27)30)12-26-28(20)10-9-24-21(29)17-7-2-3-8-19(17)23/h2-8,11-12,14H,9-10,13H2,1H3,(H,24,29). The van der Waals surface area contributed by atoms with Crippen molar-refractivity contribution in [3.63, 3.8) is 0 Å². The summed E-state index contributed by atoms with van der Waals surface area (Å²) in [5.74, 6) is -0.259. The summed E-state index contributed by atoms with van der Waals surface area (Å²) in [5.41, 5.74) is 2.94. The molecule has 0 atom stereocenters. The highest BCUT2D eigenvalue weighted by molar-refractivity contribution is 6.33. The number of halogens is 1. The van der Waals surface area contributed by atoms with Gasteiger partial charge in [0.1, 0.15) is 11.7 Å². The van der Waals surface area contributed by atoms with Gasteiger partial charge >= 0.3 is 0 Å². The zero-order valence-corrected chi connectivity index (χ0v) is 17.1. The van der Waals surface area contributed by atoms with Crippen molar-refractivity contribution in [3.8, 4) is 0 Å². The summed E-state index contributed by atoms with van der Waals surface area (Å²) < 4.78 is 3.18. The summed E-state index contributed by atoms with van der Waals surface area (Å²) in [6, 6.07) is 14.9. The third-order valence-corrected chi connectivity index (χ3v) is 5.11. The molecule has 0 unspecified atom stereocenters. The van der Waals surface area contributed by atoms with E-state index in [2.05, 4.69) is 15.4 Å². The molecule has 0 fully saturated rings. The first kappa shape index (κ1) is 19.8. The zero-order chi connectivity index (χ0) is 21.1. The molecular formula is C22H20ClN5O2. The SMILES string of the molecule is Cc1cccc(Cn2cnc3c(cnn3CCNC(=O)c3ccccc3Cl)c2=O)c1. The molecule has 4 aromatic rings. The highest BCUT2D eigenvalue weighted by Gasteiger charge is 2.12. The minimum atomic E-state index is -0.259. The van der Waals surface area contributed by atoms with Gasteiger partial charge < -0.3 is 5.32 Å². The molecule has 1 N–H and O–H groups in total. The van der Waals surface area contributed by atoms with Crippen LogP contribution in [0.25, 0.3) is 11.0 Å². The number of nitrogens with zero attached hydrogens (tertiary/aromatic N) is 4. The first-order chi connectivity index (χ1) is 14.5. The number of carbonyl (C=O) groups excluding carboxylic acids is 1. The summed E-state index contributed by atoms with van der Waals surface area (Å²) in [7, 11) is 0. The number of benzene rings is 2. The Morgan fingerprint density at radius 2 is 2.00 bits per heavy atom. The largest absolute Gasteiger partial charge is 0.350 e. The van der Waals surface area contributed by atoms with E-state index >= 15 is 0 Å². The number of hydrogen-bond acceptors (Lipinski definition) is 4. The lowest BCUT2D eigenvalue weighted by atomic mass is 10.1. The Morgan fingerprint density at radius 1 is 1.17 bits per heavy atom. The van der Waals surface area contributed by atoms with Gasteiger partial charge in [-0.1, -0.05) is 53.6 Å². The van der Waals surface area contributed by atoms with E-state index < -0.39 is 0 Å². The Labute approximate surface area is 177 Å². The molecule has 0 aliphatic heterocycles. The van der Waals surface area contributed by atoms with Crippen molar-refractivity contribution in [1.29, 1.82) is 0 Å². The number of rotatable bonds is 6. The molecule has 1 amide bonds. The van der Waals surface area contributed by atoms with E-state index in [-0.39, 0.29) is 11.5 Å². The number of hydrogen-bond donors (Lipinski definition) is 1. The molecule has 2 heterocycles. The van der Waals surface area contributed by atoms with Gasteiger partial charge in [0, 0.05) is 6.54 Å². The minimum absolute atomic E-state index is 0.146. The van der Waals surface area contributed by atoms with Gasteiger partial charge in [0.2, 0.25) is 0 Å². The van der Waals surface area contributed by atoms with E-state index in [1.165, 1.54) is 12.5 Å². The fourth-order valence-corrected chi connectivity index (χ4v) is 3.52. The third-order valence-electron chi connectivity index (χ3n) is 4.79. The molecule has 0 spiro atoms. The van der Waals surface area contributed by atoms with Crippen LogP contribution < -0.4 is 10.9 Å². The lowest BCUT2D eigenvalue weighted by molar-refractivity contribution is 0.0952. The summed E-state index contributed by atoms with van der Waals surface area (Å²) in [4.78, 5) is 29.5. The summed E-state index contributed by atoms with van der Waals surface area (Å²) in [6.07, 6.45) is 3.06. The molecule has 0 saturated carbocycles. The van der Waals surface area contributed by atoms with Crippen LogP contribution in [0.15, 0.2) is 65.8 Å². The van der Waals surface area contributed by atoms with Crippen molar-refractivity contribution in [1.82, 2.24) is 24.6 Å². The molecule has 8 heteroatoms. The average molecular weight is 422 g/mol. The smallest absolute Gasteiger partial charge is 0.264 e. The summed E-state index contributed by atoms with van der Waals surface area (Å²) >= 11 is 6.05. The normalized spacial score (nSPS) is 11.0. The average Bonchev–Trinajstić information content (AvgIpc) is 3.14. The van der Waals surface area contributed by atoms with E-state index in [1.807, 2.05) is 31.2 Å². The van der Waals surface area contributed by atoms with Crippen molar-refractivity contribution >= 4 is 28.5 Å². The molecule has 30 heavy (non-hydrogen) atoms. The number of fused-ring (bicyclic) bond motifs is 1. The van der Waals surface area contributed by atoms with Gasteiger partial charge in [0.25, 0.3) is 11.5 Å². The molecule has 152 valence electrons. The van der Waals surface area contributed by atoms with E-state index in [4.69, 9.17) is 11.6 Å². The second kappa shape index (κ2) is 8.51. The maximum atomic E-state index is 12.8. The quantitative estimate of drug-likeness (QED) is 0.518. The molecule has 0 aliphatic carbocycles. The minimum Gasteiger partial charge on any atom is -0.350 e. The molecule has 2 aromatic carbocycles. The first-order valence-electron chi connectivity index (χ1n) is 9.52. The maximum Gasteiger partial charge on any atom is 0.264 e. The predicted molar refractivity (Wildman–Crippen MR) is 116 cm³/mol. The van der Waals surface area contributed by atoms with E-state index in [0.717, 1.165) is 11.1 Å². The predicted octanol–water partition coefficient (Wildman–Crippen LogP) is 3.03. The molecule has 2 aromatic heterocycles. The van der Waals surface area contributed by atoms with Crippen LogP contribution in [0, 0.1) is 6.92 Å². The fraction of sp³-hybridized carbons (Fsp3) is 0.182. The van der Waals surface area contributed by atoms with Crippen LogP contribution in [0.2, 0.25) is 5.02 Å². The Kier molecular flexibility index (Phi) is 5.63. The van der Waals surface area contributed by atoms with Crippen molar-refractivity contribution < 1.29 is 4.79 Å². The molecule has 4 rings (SSSR count). The van der Waals surface area contributed by atoms with Crippen LogP contribution in [-0.4, -0.2) is 31.8 Å². The van der Waals surface area contributed by atoms with E-state index in [0.29, 0.717) is 41.3 Å². The Balaban J connectivity index is 1.47. The molecule has 0 aliphatic rings. The Bertz CT molecular complexity index is 1280. The lowest BCUT2D eigenvalue weighted by Gasteiger charge is -2.08. The highest BCUT2D eigenvalue weighted by Crippen LogP contribution is 2.14. The monoisotopic (exact) mass is 421 g/mol. The van der Waals surface area contributed by atoms with E-state index in [1.54, 1.807) is 33.5 Å². The van der Waals surface area contributed by atoms with Gasteiger partial charge in [-0.2, -0.15) is 5.10 Å². The molecule has 0 bridgehead atoms. The van der Waals surface area contributed by atoms with Crippen LogP contribution in [0.3, 0.4) is 0 Å². The number of aryl methyl sites for hydroxylation is 1. The van der Waals surface area contributed by atoms with Crippen molar-refractivity contribution in [2.24, 2.45) is 0 Å². The molecular weight excluding hydrogens is 402 g/mol. The zero-order valence-electron chi connectivity index (χ0n) is 16.4. The van der Waals surface area contributed by atoms with Crippen LogP contribution in [0.1, 0.15) is 21.5 Å². The van der Waals surface area contributed by atoms with Gasteiger partial charge in [-0.25, -0.2) is 9.67 Å². The van der Waals surface area contributed by atoms with Gasteiger partial charge in [0.05, 0.1) is 29.9 Å². The fourth-order valence-electron chi connectivity index (χ4n) is 3.30. The number of aromatic nitrogens is 4. The second-order valence-electron chi connectivity index (χ2n) is 7.01. The second-order valence-corrected chi connectivity index (χ2v) is 7.41. The topological polar surface area (TPSA) is 81.8 Å². The number of amides is 1. The lowest BCUT2D eigenvalue weighted by Crippen LogP contribution is -2.28. The van der Waals surface area contributed by atoms with Gasteiger partial charge in [0.15, 0.2) is 5.65 Å². The Hall–Kier alpha value is -3.45. The summed E-state index contributed by atoms with van der Waals surface area (Å²) in [6.45, 7) is 3.17. The van der Waals surface area contributed by atoms with Gasteiger partial charge in [-0.05, 0) is 24.6 Å². The Morgan fingerprint density at radius 3 is 2.80 bits per heavy atom. The first-order valence-corrected chi connectivity index (χ1v) is 9.90. The summed E-state index contributed by atoms with van der Waals surface area (Å²) in [5, 5.41) is 7.93. The molecule has 0 saturated heterocycles. The third kappa shape index (κ3) is 4.11. The molecule has 7 nitrogen and oxygen atoms in total. The van der Waals surface area contributed by atoms with Crippen LogP contribution >= 0.6 is 11.6 Å². The van der Waals surface area contributed by atoms with Crippen LogP contribution in [0.4, 0.5) is 0 Å². The van der Waals surface area contributed by atoms with E-state index in [9.17, 15) is 9.59 Å². The molecule has 0 radical (unpaired) electrons. The van der Waals surface area contributed by atoms with Crippen molar-refractivity contribution in [3.05, 3.63) is 93.1 Å². The number of nitrogens with one attached hydrogen (secondary N) is 1. The van der Waals surface area contributed by atoms with Crippen molar-refractivity contribution in [2.45, 2.75) is 20.0 Å². The number of carbonyl (C=O) groups is 1. The highest BCUT2D eigenvalue weighted by atomic mass is 35.5. The van der Waals surface area contributed by atoms with Gasteiger partial charge in [-0.3, -0.25) is 14.2 Å².